The molecule has 6 heteroatoms. The second-order valence-corrected chi connectivity index (χ2v) is 5.72. The molecule has 0 unspecified atom stereocenters. The van der Waals surface area contributed by atoms with Crippen LogP contribution in [0.15, 0.2) is 52.1 Å². The molecule has 0 saturated carbocycles. The first-order chi connectivity index (χ1) is 11.6. The minimum atomic E-state index is -0.514. The van der Waals surface area contributed by atoms with Crippen LogP contribution in [0.25, 0.3) is 5.57 Å². The van der Waals surface area contributed by atoms with E-state index in [1.165, 1.54) is 6.26 Å². The highest BCUT2D eigenvalue weighted by Crippen LogP contribution is 2.33. The van der Waals surface area contributed by atoms with Crippen molar-refractivity contribution in [3.05, 3.63) is 59.0 Å². The Kier molecular flexibility index (Phi) is 4.71. The zero-order valence-electron chi connectivity index (χ0n) is 13.1. The summed E-state index contributed by atoms with van der Waals surface area (Å²) < 4.78 is 10.7. The SMILES string of the molecule is CCCOc1ccc(C2=C(Cl)C(=O)N(Cc3ccco3)C2=O)cc1. The van der Waals surface area contributed by atoms with Gasteiger partial charge in [0.15, 0.2) is 0 Å². The van der Waals surface area contributed by atoms with E-state index in [0.717, 1.165) is 11.3 Å². The van der Waals surface area contributed by atoms with Gasteiger partial charge < -0.3 is 9.15 Å². The molecular formula is C18H16ClNO4. The van der Waals surface area contributed by atoms with Crippen LogP contribution in [0.5, 0.6) is 5.75 Å². The molecule has 2 heterocycles. The highest BCUT2D eigenvalue weighted by molar-refractivity contribution is 6.55. The third-order valence-electron chi connectivity index (χ3n) is 3.62. The number of ether oxygens (including phenoxy) is 1. The molecule has 1 aliphatic heterocycles. The molecule has 0 spiro atoms. The third-order valence-corrected chi connectivity index (χ3v) is 3.97. The lowest BCUT2D eigenvalue weighted by Gasteiger charge is -2.13. The fourth-order valence-electron chi connectivity index (χ4n) is 2.44. The second kappa shape index (κ2) is 6.93. The van der Waals surface area contributed by atoms with Crippen molar-refractivity contribution in [3.8, 4) is 5.75 Å². The Morgan fingerprint density at radius 3 is 2.50 bits per heavy atom. The van der Waals surface area contributed by atoms with E-state index in [1.54, 1.807) is 36.4 Å². The standard InChI is InChI=1S/C18H16ClNO4/c1-2-9-23-13-7-5-12(6-8-13)15-16(19)18(22)20(17(15)21)11-14-4-3-10-24-14/h3-8,10H,2,9,11H2,1H3. The number of amides is 2. The Hall–Kier alpha value is -2.53. The average Bonchev–Trinajstić information content (AvgIpc) is 3.17. The number of furan rings is 1. The molecule has 2 amide bonds. The number of rotatable bonds is 6. The summed E-state index contributed by atoms with van der Waals surface area (Å²) in [4.78, 5) is 26.0. The van der Waals surface area contributed by atoms with Crippen molar-refractivity contribution in [2.75, 3.05) is 6.61 Å². The third kappa shape index (κ3) is 3.08. The number of carbonyl (C=O) groups is 2. The van der Waals surface area contributed by atoms with Crippen LogP contribution in [0, 0.1) is 0 Å². The van der Waals surface area contributed by atoms with Crippen molar-refractivity contribution in [1.82, 2.24) is 4.90 Å². The molecule has 0 radical (unpaired) electrons. The van der Waals surface area contributed by atoms with Crippen LogP contribution >= 0.6 is 11.6 Å². The van der Waals surface area contributed by atoms with E-state index in [2.05, 4.69) is 0 Å². The average molecular weight is 346 g/mol. The van der Waals surface area contributed by atoms with Crippen molar-refractivity contribution in [1.29, 1.82) is 0 Å². The number of hydrogen-bond donors (Lipinski definition) is 0. The van der Waals surface area contributed by atoms with Crippen LogP contribution in [-0.4, -0.2) is 23.3 Å². The van der Waals surface area contributed by atoms with Crippen LogP contribution in [0.4, 0.5) is 0 Å². The van der Waals surface area contributed by atoms with E-state index in [0.29, 0.717) is 23.7 Å². The number of imide groups is 1. The summed E-state index contributed by atoms with van der Waals surface area (Å²) in [5.41, 5.74) is 0.791. The summed E-state index contributed by atoms with van der Waals surface area (Å²) in [6, 6.07) is 10.4. The predicted octanol–water partition coefficient (Wildman–Crippen LogP) is 3.59. The number of benzene rings is 1. The molecule has 1 aromatic heterocycles. The Morgan fingerprint density at radius 2 is 1.88 bits per heavy atom. The number of halogens is 1. The summed E-state index contributed by atoms with van der Waals surface area (Å²) in [5, 5.41) is -0.0752. The fraction of sp³-hybridized carbons (Fsp3) is 0.222. The summed E-state index contributed by atoms with van der Waals surface area (Å²) in [6.45, 7) is 2.70. The van der Waals surface area contributed by atoms with E-state index in [-0.39, 0.29) is 17.2 Å². The van der Waals surface area contributed by atoms with E-state index in [4.69, 9.17) is 20.8 Å². The molecule has 1 aromatic carbocycles. The van der Waals surface area contributed by atoms with Gasteiger partial charge in [-0.15, -0.1) is 0 Å². The van der Waals surface area contributed by atoms with Crippen LogP contribution in [0.3, 0.4) is 0 Å². The van der Waals surface area contributed by atoms with Crippen molar-refractivity contribution in [2.45, 2.75) is 19.9 Å². The summed E-state index contributed by atoms with van der Waals surface area (Å²) in [7, 11) is 0. The van der Waals surface area contributed by atoms with Gasteiger partial charge in [-0.05, 0) is 36.2 Å². The van der Waals surface area contributed by atoms with Crippen LogP contribution in [0.2, 0.25) is 0 Å². The molecule has 124 valence electrons. The Morgan fingerprint density at radius 1 is 1.12 bits per heavy atom. The van der Waals surface area contributed by atoms with E-state index >= 15 is 0 Å². The van der Waals surface area contributed by atoms with Crippen molar-refractivity contribution >= 4 is 29.0 Å². The Balaban J connectivity index is 1.82. The molecule has 3 rings (SSSR count). The highest BCUT2D eigenvalue weighted by Gasteiger charge is 2.38. The quantitative estimate of drug-likeness (QED) is 0.751. The van der Waals surface area contributed by atoms with Gasteiger partial charge in [-0.25, -0.2) is 0 Å². The van der Waals surface area contributed by atoms with Crippen molar-refractivity contribution < 1.29 is 18.7 Å². The summed E-state index contributed by atoms with van der Waals surface area (Å²) in [6.07, 6.45) is 2.40. The summed E-state index contributed by atoms with van der Waals surface area (Å²) >= 11 is 6.12. The van der Waals surface area contributed by atoms with Gasteiger partial charge in [-0.1, -0.05) is 30.7 Å². The molecule has 0 saturated heterocycles. The first-order valence-electron chi connectivity index (χ1n) is 7.63. The van der Waals surface area contributed by atoms with Gasteiger partial charge in [0.25, 0.3) is 11.8 Å². The molecular weight excluding hydrogens is 330 g/mol. The largest absolute Gasteiger partial charge is 0.494 e. The van der Waals surface area contributed by atoms with Crippen LogP contribution in [0.1, 0.15) is 24.7 Å². The molecule has 5 nitrogen and oxygen atoms in total. The fourth-order valence-corrected chi connectivity index (χ4v) is 2.73. The zero-order valence-corrected chi connectivity index (χ0v) is 13.9. The number of hydrogen-bond acceptors (Lipinski definition) is 4. The first kappa shape index (κ1) is 16.3. The zero-order chi connectivity index (χ0) is 17.1. The number of nitrogens with zero attached hydrogens (tertiary/aromatic N) is 1. The maximum Gasteiger partial charge on any atom is 0.273 e. The predicted molar refractivity (Wildman–Crippen MR) is 89.3 cm³/mol. The number of carbonyl (C=O) groups excluding carboxylic acids is 2. The maximum atomic E-state index is 12.6. The molecule has 2 aromatic rings. The van der Waals surface area contributed by atoms with E-state index < -0.39 is 11.8 Å². The molecule has 24 heavy (non-hydrogen) atoms. The van der Waals surface area contributed by atoms with Gasteiger partial charge in [0.2, 0.25) is 0 Å². The van der Waals surface area contributed by atoms with Crippen molar-refractivity contribution in [2.24, 2.45) is 0 Å². The van der Waals surface area contributed by atoms with Crippen molar-refractivity contribution in [3.63, 3.8) is 0 Å². The Bertz CT molecular complexity index is 778. The van der Waals surface area contributed by atoms with Gasteiger partial charge in [-0.2, -0.15) is 0 Å². The molecule has 1 aliphatic rings. The lowest BCUT2D eigenvalue weighted by atomic mass is 10.1. The van der Waals surface area contributed by atoms with Gasteiger partial charge >= 0.3 is 0 Å². The maximum absolute atomic E-state index is 12.6. The molecule has 0 N–H and O–H groups in total. The molecule has 0 aliphatic carbocycles. The lowest BCUT2D eigenvalue weighted by Crippen LogP contribution is -2.30. The topological polar surface area (TPSA) is 59.8 Å². The highest BCUT2D eigenvalue weighted by atomic mass is 35.5. The Labute approximate surface area is 144 Å². The monoisotopic (exact) mass is 345 g/mol. The second-order valence-electron chi connectivity index (χ2n) is 5.34. The van der Waals surface area contributed by atoms with Crippen LogP contribution < -0.4 is 4.74 Å². The molecule has 0 fully saturated rings. The minimum absolute atomic E-state index is 0.0576. The van der Waals surface area contributed by atoms with Gasteiger partial charge in [0, 0.05) is 0 Å². The lowest BCUT2D eigenvalue weighted by molar-refractivity contribution is -0.137. The normalized spacial score (nSPS) is 14.7. The van der Waals surface area contributed by atoms with Gasteiger partial charge in [0.1, 0.15) is 16.5 Å². The van der Waals surface area contributed by atoms with Gasteiger partial charge in [0.05, 0.1) is 25.0 Å². The minimum Gasteiger partial charge on any atom is -0.494 e. The molecule has 0 atom stereocenters. The van der Waals surface area contributed by atoms with Crippen LogP contribution in [-0.2, 0) is 16.1 Å². The van der Waals surface area contributed by atoms with Gasteiger partial charge in [-0.3, -0.25) is 14.5 Å². The summed E-state index contributed by atoms with van der Waals surface area (Å²) in [5.74, 6) is 0.287. The first-order valence-corrected chi connectivity index (χ1v) is 8.01. The molecule has 0 bridgehead atoms. The smallest absolute Gasteiger partial charge is 0.273 e. The van der Waals surface area contributed by atoms with E-state index in [9.17, 15) is 9.59 Å². The van der Waals surface area contributed by atoms with E-state index in [1.807, 2.05) is 6.92 Å².